The molecule has 1 aliphatic carbocycles. The molecule has 1 heterocycles. The number of hydrogen-bond donors (Lipinski definition) is 1. The highest BCUT2D eigenvalue weighted by Gasteiger charge is 2.48. The van der Waals surface area contributed by atoms with E-state index in [4.69, 9.17) is 14.2 Å². The Morgan fingerprint density at radius 3 is 2.72 bits per heavy atom. The molecule has 0 spiro atoms. The molecular formula is C22H30O7. The lowest BCUT2D eigenvalue weighted by Gasteiger charge is -2.32. The van der Waals surface area contributed by atoms with E-state index in [2.05, 4.69) is 6.58 Å². The minimum Gasteiger partial charge on any atom is -0.461 e. The monoisotopic (exact) mass is 406 g/mol. The molecule has 29 heavy (non-hydrogen) atoms. The fourth-order valence-corrected chi connectivity index (χ4v) is 3.39. The molecule has 1 N–H and O–H groups in total. The maximum atomic E-state index is 12.5. The molecule has 7 nitrogen and oxygen atoms in total. The van der Waals surface area contributed by atoms with Crippen molar-refractivity contribution in [1.29, 1.82) is 0 Å². The fraction of sp³-hybridized carbons (Fsp3) is 0.591. The molecule has 0 bridgehead atoms. The van der Waals surface area contributed by atoms with E-state index in [1.165, 1.54) is 6.92 Å². The van der Waals surface area contributed by atoms with Crippen LogP contribution in [0.4, 0.5) is 0 Å². The molecule has 1 fully saturated rings. The molecule has 5 atom stereocenters. The van der Waals surface area contributed by atoms with Crippen LogP contribution in [0.2, 0.25) is 0 Å². The lowest BCUT2D eigenvalue weighted by molar-refractivity contribution is -0.163. The van der Waals surface area contributed by atoms with Gasteiger partial charge in [-0.05, 0) is 37.8 Å². The highest BCUT2D eigenvalue weighted by atomic mass is 16.6. The Morgan fingerprint density at radius 2 is 2.10 bits per heavy atom. The van der Waals surface area contributed by atoms with Gasteiger partial charge in [-0.15, -0.1) is 0 Å². The van der Waals surface area contributed by atoms with E-state index in [-0.39, 0.29) is 18.1 Å². The van der Waals surface area contributed by atoms with Crippen LogP contribution >= 0.6 is 0 Å². The Balaban J connectivity index is 2.47. The summed E-state index contributed by atoms with van der Waals surface area (Å²) in [4.78, 5) is 36.0. The predicted molar refractivity (Wildman–Crippen MR) is 106 cm³/mol. The van der Waals surface area contributed by atoms with Crippen molar-refractivity contribution in [3.8, 4) is 0 Å². The first-order chi connectivity index (χ1) is 13.6. The molecule has 2 rings (SSSR count). The number of esters is 3. The predicted octanol–water partition coefficient (Wildman–Crippen LogP) is 2.63. The summed E-state index contributed by atoms with van der Waals surface area (Å²) in [5.41, 5.74) is 1.56. The lowest BCUT2D eigenvalue weighted by Crippen LogP contribution is -2.44. The van der Waals surface area contributed by atoms with Gasteiger partial charge in [0.2, 0.25) is 0 Å². The van der Waals surface area contributed by atoms with E-state index in [1.807, 2.05) is 19.9 Å². The molecule has 0 aromatic carbocycles. The zero-order chi connectivity index (χ0) is 21.7. The van der Waals surface area contributed by atoms with Crippen LogP contribution in [0.15, 0.2) is 35.5 Å². The van der Waals surface area contributed by atoms with Gasteiger partial charge in [0.25, 0.3) is 0 Å². The second-order valence-electron chi connectivity index (χ2n) is 7.69. The average Bonchev–Trinajstić information content (AvgIpc) is 2.93. The minimum atomic E-state index is -1.27. The summed E-state index contributed by atoms with van der Waals surface area (Å²) >= 11 is 0. The number of aliphatic hydroxyl groups excluding tert-OH is 1. The Kier molecular flexibility index (Phi) is 7.79. The lowest BCUT2D eigenvalue weighted by atomic mass is 9.83. The first kappa shape index (κ1) is 22.9. The van der Waals surface area contributed by atoms with Crippen molar-refractivity contribution in [2.75, 3.05) is 6.61 Å². The molecule has 2 aliphatic rings. The SMILES string of the molecule is C=C1C(=O)O[C@@H]2/C=C(\C)CC/C=C(\COC(C)=O)[C@@H](O)[C@@H](OC(=O)[C@H](C)CC)[C@@H]12. The highest BCUT2D eigenvalue weighted by Crippen LogP contribution is 2.37. The third kappa shape index (κ3) is 5.56. The van der Waals surface area contributed by atoms with Gasteiger partial charge in [-0.2, -0.15) is 0 Å². The van der Waals surface area contributed by atoms with Crippen LogP contribution in [-0.4, -0.2) is 47.9 Å². The largest absolute Gasteiger partial charge is 0.461 e. The average molecular weight is 406 g/mol. The number of allylic oxidation sites excluding steroid dienone is 2. The molecule has 1 aliphatic heterocycles. The minimum absolute atomic E-state index is 0.130. The Bertz CT molecular complexity index is 733. The molecule has 160 valence electrons. The summed E-state index contributed by atoms with van der Waals surface area (Å²) < 4.78 is 16.2. The summed E-state index contributed by atoms with van der Waals surface area (Å²) in [5, 5.41) is 11.1. The number of ether oxygens (including phenoxy) is 3. The van der Waals surface area contributed by atoms with Crippen LogP contribution in [0.25, 0.3) is 0 Å². The molecule has 7 heteroatoms. The molecule has 0 aromatic rings. The Labute approximate surface area is 171 Å². The maximum Gasteiger partial charge on any atom is 0.334 e. The van der Waals surface area contributed by atoms with Crippen molar-refractivity contribution in [2.45, 2.75) is 65.3 Å². The molecule has 0 saturated carbocycles. The zero-order valence-electron chi connectivity index (χ0n) is 17.5. The standard InChI is InChI=1S/C22H30O7/c1-6-13(3)21(25)29-20-18-14(4)22(26)28-17(18)10-12(2)8-7-9-16(19(20)24)11-27-15(5)23/h9-10,13,17-20,24H,4,6-8,11H2,1-3,5H3/b12-10+,16-9+/t13-,17-,18+,19-,20+/m1/s1. The van der Waals surface area contributed by atoms with Crippen molar-refractivity contribution in [3.63, 3.8) is 0 Å². The molecule has 0 unspecified atom stereocenters. The van der Waals surface area contributed by atoms with Crippen LogP contribution in [-0.2, 0) is 28.6 Å². The fourth-order valence-electron chi connectivity index (χ4n) is 3.39. The van der Waals surface area contributed by atoms with Crippen molar-refractivity contribution in [1.82, 2.24) is 0 Å². The quantitative estimate of drug-likeness (QED) is 0.324. The van der Waals surface area contributed by atoms with Crippen LogP contribution in [0.3, 0.4) is 0 Å². The molecule has 1 saturated heterocycles. The number of aliphatic hydroxyl groups is 1. The Hall–Kier alpha value is -2.41. The van der Waals surface area contributed by atoms with E-state index in [0.717, 1.165) is 5.57 Å². The Morgan fingerprint density at radius 1 is 1.41 bits per heavy atom. The third-order valence-corrected chi connectivity index (χ3v) is 5.41. The van der Waals surface area contributed by atoms with E-state index < -0.39 is 42.1 Å². The number of carbonyl (C=O) groups is 3. The van der Waals surface area contributed by atoms with E-state index in [1.54, 1.807) is 13.0 Å². The van der Waals surface area contributed by atoms with Gasteiger partial charge in [0.05, 0.1) is 11.8 Å². The first-order valence-corrected chi connectivity index (χ1v) is 9.93. The van der Waals surface area contributed by atoms with Gasteiger partial charge in [-0.25, -0.2) is 4.79 Å². The van der Waals surface area contributed by atoms with Gasteiger partial charge in [0, 0.05) is 12.5 Å². The van der Waals surface area contributed by atoms with Crippen molar-refractivity contribution >= 4 is 17.9 Å². The summed E-state index contributed by atoms with van der Waals surface area (Å²) in [7, 11) is 0. The van der Waals surface area contributed by atoms with Crippen LogP contribution in [0, 0.1) is 11.8 Å². The number of hydrogen-bond acceptors (Lipinski definition) is 7. The maximum absolute atomic E-state index is 12.5. The molecule has 0 radical (unpaired) electrons. The number of rotatable bonds is 5. The van der Waals surface area contributed by atoms with Crippen molar-refractivity contribution < 1.29 is 33.7 Å². The van der Waals surface area contributed by atoms with E-state index in [0.29, 0.717) is 24.8 Å². The van der Waals surface area contributed by atoms with Crippen LogP contribution in [0.1, 0.15) is 47.0 Å². The smallest absolute Gasteiger partial charge is 0.334 e. The molecule has 0 aromatic heterocycles. The summed E-state index contributed by atoms with van der Waals surface area (Å²) in [6.07, 6.45) is 2.40. The summed E-state index contributed by atoms with van der Waals surface area (Å²) in [6.45, 7) is 10.5. The molecule has 0 amide bonds. The number of fused-ring (bicyclic) bond motifs is 1. The van der Waals surface area contributed by atoms with Crippen LogP contribution < -0.4 is 0 Å². The van der Waals surface area contributed by atoms with Gasteiger partial charge < -0.3 is 19.3 Å². The first-order valence-electron chi connectivity index (χ1n) is 9.93. The second-order valence-corrected chi connectivity index (χ2v) is 7.69. The zero-order valence-corrected chi connectivity index (χ0v) is 17.5. The third-order valence-electron chi connectivity index (χ3n) is 5.41. The van der Waals surface area contributed by atoms with Gasteiger partial charge in [0.15, 0.2) is 0 Å². The van der Waals surface area contributed by atoms with Gasteiger partial charge >= 0.3 is 17.9 Å². The number of carbonyl (C=O) groups excluding carboxylic acids is 3. The van der Waals surface area contributed by atoms with Crippen molar-refractivity contribution in [3.05, 3.63) is 35.5 Å². The van der Waals surface area contributed by atoms with Crippen LogP contribution in [0.5, 0.6) is 0 Å². The topological polar surface area (TPSA) is 99.1 Å². The second kappa shape index (κ2) is 9.87. The van der Waals surface area contributed by atoms with E-state index >= 15 is 0 Å². The summed E-state index contributed by atoms with van der Waals surface area (Å²) in [6, 6.07) is 0. The summed E-state index contributed by atoms with van der Waals surface area (Å²) in [5.74, 6) is -2.65. The van der Waals surface area contributed by atoms with Gasteiger partial charge in [0.1, 0.15) is 24.9 Å². The van der Waals surface area contributed by atoms with Gasteiger partial charge in [-0.3, -0.25) is 9.59 Å². The van der Waals surface area contributed by atoms with Gasteiger partial charge in [-0.1, -0.05) is 32.1 Å². The van der Waals surface area contributed by atoms with E-state index in [9.17, 15) is 19.5 Å². The van der Waals surface area contributed by atoms with Crippen molar-refractivity contribution in [2.24, 2.45) is 11.8 Å². The molecular weight excluding hydrogens is 376 g/mol. The normalized spacial score (nSPS) is 32.0. The highest BCUT2D eigenvalue weighted by molar-refractivity contribution is 5.91.